The van der Waals surface area contributed by atoms with Crippen LogP contribution < -0.4 is 0 Å². The van der Waals surface area contributed by atoms with Crippen LogP contribution in [0.3, 0.4) is 0 Å². The third-order valence-corrected chi connectivity index (χ3v) is 4.24. The molecule has 0 aromatic rings. The molecule has 0 bridgehead atoms. The van der Waals surface area contributed by atoms with Crippen molar-refractivity contribution in [1.29, 1.82) is 0 Å². The van der Waals surface area contributed by atoms with Crippen molar-refractivity contribution in [2.45, 2.75) is 119 Å². The second-order valence-corrected chi connectivity index (χ2v) is 8.21. The maximum absolute atomic E-state index is 11.1. The molecule has 0 saturated heterocycles. The third-order valence-electron chi connectivity index (χ3n) is 4.24. The van der Waals surface area contributed by atoms with E-state index in [1.807, 2.05) is 34.6 Å². The van der Waals surface area contributed by atoms with Crippen LogP contribution in [0.25, 0.3) is 0 Å². The summed E-state index contributed by atoms with van der Waals surface area (Å²) >= 11 is 0. The van der Waals surface area contributed by atoms with Crippen LogP contribution in [0.1, 0.15) is 113 Å². The van der Waals surface area contributed by atoms with Gasteiger partial charge in [-0.1, -0.05) is 73.6 Å². The van der Waals surface area contributed by atoms with E-state index in [-0.39, 0.29) is 35.8 Å². The zero-order valence-electron chi connectivity index (χ0n) is 21.8. The highest BCUT2D eigenvalue weighted by Gasteiger charge is 2.10. The Labute approximate surface area is 191 Å². The van der Waals surface area contributed by atoms with Gasteiger partial charge in [-0.25, -0.2) is 0 Å². The molecule has 0 amide bonds. The van der Waals surface area contributed by atoms with Crippen molar-refractivity contribution in [3.8, 4) is 0 Å². The van der Waals surface area contributed by atoms with Crippen LogP contribution in [-0.4, -0.2) is 37.7 Å². The Balaban J connectivity index is -0.000000404. The van der Waals surface area contributed by atoms with E-state index < -0.39 is 0 Å². The first-order chi connectivity index (χ1) is 14.6. The lowest BCUT2D eigenvalue weighted by atomic mass is 10.1. The van der Waals surface area contributed by atoms with Gasteiger partial charge in [-0.15, -0.1) is 0 Å². The Bertz CT molecular complexity index is 432. The predicted octanol–water partition coefficient (Wildman–Crippen LogP) is 6.49. The number of ether oxygens (including phenoxy) is 3. The van der Waals surface area contributed by atoms with Crippen LogP contribution in [0.2, 0.25) is 0 Å². The first-order valence-corrected chi connectivity index (χ1v) is 12.0. The minimum absolute atomic E-state index is 0.00463. The van der Waals surface area contributed by atoms with E-state index in [1.165, 1.54) is 32.8 Å². The molecule has 0 N–H and O–H groups in total. The molecule has 0 aromatic heterocycles. The summed E-state index contributed by atoms with van der Waals surface area (Å²) in [7, 11) is 1.39. The summed E-state index contributed by atoms with van der Waals surface area (Å²) in [5, 5.41) is 0. The Kier molecular flexibility index (Phi) is 27.1. The summed E-state index contributed by atoms with van der Waals surface area (Å²) in [6.07, 6.45) is 9.67. The van der Waals surface area contributed by atoms with E-state index >= 15 is 0 Å². The van der Waals surface area contributed by atoms with E-state index in [0.717, 1.165) is 25.7 Å². The Morgan fingerprint density at radius 3 is 1.68 bits per heavy atom. The fraction of sp³-hybridized carbons (Fsp3) is 0.880. The maximum Gasteiger partial charge on any atom is 0.308 e. The highest BCUT2D eigenvalue weighted by Crippen LogP contribution is 2.08. The minimum Gasteiger partial charge on any atom is -0.469 e. The molecule has 0 aliphatic heterocycles. The highest BCUT2D eigenvalue weighted by atomic mass is 16.5. The van der Waals surface area contributed by atoms with Crippen LogP contribution in [-0.2, 0) is 28.6 Å². The second-order valence-electron chi connectivity index (χ2n) is 8.21. The van der Waals surface area contributed by atoms with Gasteiger partial charge in [-0.2, -0.15) is 0 Å². The summed E-state index contributed by atoms with van der Waals surface area (Å²) in [6, 6.07) is 0. The van der Waals surface area contributed by atoms with Gasteiger partial charge in [0.2, 0.25) is 0 Å². The Morgan fingerprint density at radius 2 is 1.29 bits per heavy atom. The van der Waals surface area contributed by atoms with Gasteiger partial charge in [0, 0.05) is 6.42 Å². The Morgan fingerprint density at radius 1 is 0.742 bits per heavy atom. The third kappa shape index (κ3) is 28.4. The molecule has 186 valence electrons. The number of carbonyl (C=O) groups excluding carboxylic acids is 3. The van der Waals surface area contributed by atoms with Crippen molar-refractivity contribution in [3.63, 3.8) is 0 Å². The van der Waals surface area contributed by atoms with Crippen molar-refractivity contribution in [2.24, 2.45) is 11.8 Å². The van der Waals surface area contributed by atoms with E-state index in [0.29, 0.717) is 13.0 Å². The number of rotatable bonds is 13. The smallest absolute Gasteiger partial charge is 0.308 e. The number of esters is 3. The molecule has 0 radical (unpaired) electrons. The van der Waals surface area contributed by atoms with Crippen LogP contribution in [0.15, 0.2) is 0 Å². The lowest BCUT2D eigenvalue weighted by molar-refractivity contribution is -0.148. The summed E-state index contributed by atoms with van der Waals surface area (Å²) in [5.74, 6) is -0.198. The number of unbranched alkanes of at least 4 members (excludes halogenated alkanes) is 5. The lowest BCUT2D eigenvalue weighted by Gasteiger charge is -2.07. The van der Waals surface area contributed by atoms with E-state index in [9.17, 15) is 14.4 Å². The molecule has 1 atom stereocenters. The summed E-state index contributed by atoms with van der Waals surface area (Å²) in [6.45, 7) is 16.0. The zero-order chi connectivity index (χ0) is 24.7. The largest absolute Gasteiger partial charge is 0.469 e. The normalized spacial score (nSPS) is 10.9. The number of methoxy groups -OCH3 is 1. The molecule has 0 aromatic carbocycles. The number of carbonyl (C=O) groups is 3. The molecule has 31 heavy (non-hydrogen) atoms. The summed E-state index contributed by atoms with van der Waals surface area (Å²) in [5.41, 5.74) is 0. The van der Waals surface area contributed by atoms with Crippen LogP contribution >= 0.6 is 0 Å². The average molecular weight is 447 g/mol. The zero-order valence-corrected chi connectivity index (χ0v) is 21.8. The molecule has 6 heteroatoms. The van der Waals surface area contributed by atoms with Crippen molar-refractivity contribution < 1.29 is 28.6 Å². The standard InChI is InChI=1S/C12H24O2.C8H16O2.C5H10O2/c1-4-5-6-7-8-9-10-12(13)14-11(2)3;1-4-6-10-8(9)7(3)5-2;1-4(2)5(6)7-3/h11H,4-10H2,1-3H3;7H,4-6H2,1-3H3;4H,1-3H3. The Hall–Kier alpha value is -1.59. The molecule has 0 aliphatic rings. The topological polar surface area (TPSA) is 78.9 Å². The van der Waals surface area contributed by atoms with Gasteiger partial charge in [0.1, 0.15) is 0 Å². The summed E-state index contributed by atoms with van der Waals surface area (Å²) < 4.78 is 14.3. The minimum atomic E-state index is -0.153. The van der Waals surface area contributed by atoms with Crippen LogP contribution in [0.4, 0.5) is 0 Å². The molecular formula is C25H50O6. The molecule has 0 fully saturated rings. The molecular weight excluding hydrogens is 396 g/mol. The first kappa shape index (κ1) is 34.0. The van der Waals surface area contributed by atoms with Gasteiger partial charge < -0.3 is 14.2 Å². The first-order valence-electron chi connectivity index (χ1n) is 12.0. The fourth-order valence-corrected chi connectivity index (χ4v) is 2.12. The number of hydrogen-bond acceptors (Lipinski definition) is 6. The molecule has 0 spiro atoms. The lowest BCUT2D eigenvalue weighted by Crippen LogP contribution is -2.14. The molecule has 0 heterocycles. The second kappa shape index (κ2) is 24.7. The monoisotopic (exact) mass is 446 g/mol. The van der Waals surface area contributed by atoms with Gasteiger partial charge >= 0.3 is 17.9 Å². The molecule has 1 unspecified atom stereocenters. The average Bonchev–Trinajstić information content (AvgIpc) is 2.73. The highest BCUT2D eigenvalue weighted by molar-refractivity contribution is 5.72. The van der Waals surface area contributed by atoms with Crippen molar-refractivity contribution in [3.05, 3.63) is 0 Å². The maximum atomic E-state index is 11.1. The van der Waals surface area contributed by atoms with Crippen molar-refractivity contribution in [1.82, 2.24) is 0 Å². The van der Waals surface area contributed by atoms with Crippen LogP contribution in [0.5, 0.6) is 0 Å². The van der Waals surface area contributed by atoms with E-state index in [2.05, 4.69) is 11.7 Å². The van der Waals surface area contributed by atoms with Crippen molar-refractivity contribution >= 4 is 17.9 Å². The van der Waals surface area contributed by atoms with E-state index in [1.54, 1.807) is 13.8 Å². The SMILES string of the molecule is CCCCCCCCC(=O)OC(C)C.CCCOC(=O)C(C)CC.COC(=O)C(C)C. The van der Waals surface area contributed by atoms with Gasteiger partial charge in [-0.3, -0.25) is 14.4 Å². The molecule has 0 saturated carbocycles. The fourth-order valence-electron chi connectivity index (χ4n) is 2.12. The molecule has 0 aliphatic carbocycles. The van der Waals surface area contributed by atoms with Gasteiger partial charge in [0.05, 0.1) is 31.7 Å². The molecule has 0 rings (SSSR count). The molecule has 6 nitrogen and oxygen atoms in total. The van der Waals surface area contributed by atoms with Gasteiger partial charge in [0.15, 0.2) is 0 Å². The predicted molar refractivity (Wildman–Crippen MR) is 127 cm³/mol. The quantitative estimate of drug-likeness (QED) is 0.183. The van der Waals surface area contributed by atoms with Gasteiger partial charge in [-0.05, 0) is 33.1 Å². The van der Waals surface area contributed by atoms with Crippen LogP contribution in [0, 0.1) is 11.8 Å². The summed E-state index contributed by atoms with van der Waals surface area (Å²) in [4.78, 5) is 32.3. The van der Waals surface area contributed by atoms with Crippen molar-refractivity contribution in [2.75, 3.05) is 13.7 Å². The van der Waals surface area contributed by atoms with E-state index in [4.69, 9.17) is 9.47 Å². The number of hydrogen-bond donors (Lipinski definition) is 0. The van der Waals surface area contributed by atoms with Gasteiger partial charge in [0.25, 0.3) is 0 Å².